The van der Waals surface area contributed by atoms with Crippen LogP contribution in [0.1, 0.15) is 42.6 Å². The lowest BCUT2D eigenvalue weighted by atomic mass is 9.88. The third kappa shape index (κ3) is 5.21. The summed E-state index contributed by atoms with van der Waals surface area (Å²) < 4.78 is 33.3. The van der Waals surface area contributed by atoms with Gasteiger partial charge in [0.1, 0.15) is 24.1 Å². The summed E-state index contributed by atoms with van der Waals surface area (Å²) in [6.45, 7) is -1.34. The summed E-state index contributed by atoms with van der Waals surface area (Å²) in [5, 5.41) is 15.0. The van der Waals surface area contributed by atoms with Crippen LogP contribution in [0.4, 0.5) is 8.78 Å². The highest BCUT2D eigenvalue weighted by molar-refractivity contribution is 6.02. The van der Waals surface area contributed by atoms with Crippen molar-refractivity contribution in [2.75, 3.05) is 26.8 Å². The smallest absolute Gasteiger partial charge is 0.271 e. The van der Waals surface area contributed by atoms with Gasteiger partial charge < -0.3 is 30.4 Å². The van der Waals surface area contributed by atoms with Crippen LogP contribution in [0.15, 0.2) is 24.3 Å². The first-order valence-electron chi connectivity index (χ1n) is 13.2. The molecule has 1 aromatic carbocycles. The van der Waals surface area contributed by atoms with Gasteiger partial charge in [0, 0.05) is 29.8 Å². The van der Waals surface area contributed by atoms with E-state index in [0.717, 1.165) is 24.6 Å². The average molecular weight is 547 g/mol. The SMILES string of the molecule is COc1cccc2[nH]c(C(=O)N3CC4CCCC4C3C(=O)NC(CC3CC(F)(F)CNC3=O)C(=O)CO)cc12. The first-order chi connectivity index (χ1) is 18.6. The van der Waals surface area contributed by atoms with Crippen molar-refractivity contribution in [3.05, 3.63) is 30.0 Å². The number of carbonyl (C=O) groups is 4. The Labute approximate surface area is 223 Å². The Bertz CT molecular complexity index is 1300. The van der Waals surface area contributed by atoms with Gasteiger partial charge in [0.05, 0.1) is 19.7 Å². The maximum Gasteiger partial charge on any atom is 0.271 e. The number of ether oxygens (including phenoxy) is 1. The zero-order valence-corrected chi connectivity index (χ0v) is 21.5. The molecule has 1 aliphatic carbocycles. The molecular weight excluding hydrogens is 514 g/mol. The van der Waals surface area contributed by atoms with Crippen molar-refractivity contribution in [2.24, 2.45) is 17.8 Å². The number of aliphatic hydroxyl groups is 1. The number of aromatic amines is 1. The van der Waals surface area contributed by atoms with Crippen LogP contribution in [0.25, 0.3) is 10.9 Å². The van der Waals surface area contributed by atoms with E-state index in [9.17, 15) is 33.1 Å². The van der Waals surface area contributed by atoms with Crippen LogP contribution in [0.2, 0.25) is 0 Å². The second-order valence-electron chi connectivity index (χ2n) is 10.8. The number of ketones is 1. The molecule has 39 heavy (non-hydrogen) atoms. The summed E-state index contributed by atoms with van der Waals surface area (Å²) in [5.74, 6) is -6.16. The maximum absolute atomic E-state index is 14.0. The van der Waals surface area contributed by atoms with Crippen LogP contribution in [0, 0.1) is 17.8 Å². The van der Waals surface area contributed by atoms with Crippen molar-refractivity contribution in [1.29, 1.82) is 0 Å². The Balaban J connectivity index is 1.38. The van der Waals surface area contributed by atoms with Crippen LogP contribution >= 0.6 is 0 Å². The first-order valence-corrected chi connectivity index (χ1v) is 13.2. The number of aromatic nitrogens is 1. The average Bonchev–Trinajstić information content (AvgIpc) is 3.63. The highest BCUT2D eigenvalue weighted by Crippen LogP contribution is 2.43. The van der Waals surface area contributed by atoms with Gasteiger partial charge in [-0.3, -0.25) is 19.2 Å². The third-order valence-corrected chi connectivity index (χ3v) is 8.31. The molecule has 3 heterocycles. The van der Waals surface area contributed by atoms with Crippen LogP contribution < -0.4 is 15.4 Å². The zero-order chi connectivity index (χ0) is 27.9. The number of aliphatic hydroxyl groups excluding tert-OH is 1. The number of alkyl halides is 2. The van der Waals surface area contributed by atoms with Gasteiger partial charge >= 0.3 is 0 Å². The van der Waals surface area contributed by atoms with Gasteiger partial charge in [-0.25, -0.2) is 8.78 Å². The third-order valence-electron chi connectivity index (χ3n) is 8.31. The van der Waals surface area contributed by atoms with Gasteiger partial charge in [-0.15, -0.1) is 0 Å². The van der Waals surface area contributed by atoms with Crippen molar-refractivity contribution in [3.63, 3.8) is 0 Å². The van der Waals surface area contributed by atoms with Gasteiger partial charge in [0.2, 0.25) is 11.8 Å². The molecule has 0 radical (unpaired) electrons. The van der Waals surface area contributed by atoms with Gasteiger partial charge in [-0.05, 0) is 49.3 Å². The fourth-order valence-electron chi connectivity index (χ4n) is 6.42. The minimum Gasteiger partial charge on any atom is -0.496 e. The lowest BCUT2D eigenvalue weighted by molar-refractivity contribution is -0.139. The topological polar surface area (TPSA) is 141 Å². The summed E-state index contributed by atoms with van der Waals surface area (Å²) in [6.07, 6.45) is 1.36. The van der Waals surface area contributed by atoms with Crippen LogP contribution in [-0.2, 0) is 14.4 Å². The molecule has 3 aliphatic rings. The number of hydrogen-bond acceptors (Lipinski definition) is 6. The Morgan fingerprint density at radius 2 is 2.08 bits per heavy atom. The quantitative estimate of drug-likeness (QED) is 0.397. The molecule has 5 unspecified atom stereocenters. The summed E-state index contributed by atoms with van der Waals surface area (Å²) in [5.41, 5.74) is 0.991. The monoisotopic (exact) mass is 546 g/mol. The highest BCUT2D eigenvalue weighted by Gasteiger charge is 2.50. The summed E-state index contributed by atoms with van der Waals surface area (Å²) in [6, 6.07) is 4.84. The number of hydrogen-bond donors (Lipinski definition) is 4. The fourth-order valence-corrected chi connectivity index (χ4v) is 6.42. The normalized spacial score (nSPS) is 26.7. The molecule has 0 spiro atoms. The van der Waals surface area contributed by atoms with E-state index in [2.05, 4.69) is 15.6 Å². The predicted molar refractivity (Wildman–Crippen MR) is 135 cm³/mol. The molecule has 2 aliphatic heterocycles. The number of amides is 3. The number of methoxy groups -OCH3 is 1. The summed E-state index contributed by atoms with van der Waals surface area (Å²) in [4.78, 5) is 56.8. The van der Waals surface area contributed by atoms with E-state index in [-0.39, 0.29) is 29.9 Å². The maximum atomic E-state index is 14.0. The highest BCUT2D eigenvalue weighted by atomic mass is 19.3. The number of fused-ring (bicyclic) bond motifs is 2. The molecule has 0 bridgehead atoms. The van der Waals surface area contributed by atoms with Gasteiger partial charge in [-0.1, -0.05) is 12.5 Å². The Hall–Kier alpha value is -3.54. The summed E-state index contributed by atoms with van der Waals surface area (Å²) >= 11 is 0. The Kier molecular flexibility index (Phi) is 7.32. The second-order valence-corrected chi connectivity index (χ2v) is 10.8. The molecular formula is C27H32F2N4O6. The minimum atomic E-state index is -3.14. The molecule has 1 aromatic heterocycles. The minimum absolute atomic E-state index is 0.110. The number of Topliss-reactive ketones (excluding diaryl/α,β-unsaturated/α-hetero) is 1. The van der Waals surface area contributed by atoms with E-state index in [0.29, 0.717) is 17.8 Å². The van der Waals surface area contributed by atoms with E-state index in [1.165, 1.54) is 12.0 Å². The lowest BCUT2D eigenvalue weighted by Gasteiger charge is -2.32. The molecule has 4 N–H and O–H groups in total. The number of piperidine rings is 1. The fraction of sp³-hybridized carbons (Fsp3) is 0.556. The number of rotatable bonds is 8. The van der Waals surface area contributed by atoms with E-state index in [4.69, 9.17) is 4.74 Å². The largest absolute Gasteiger partial charge is 0.496 e. The number of carbonyl (C=O) groups excluding carboxylic acids is 4. The van der Waals surface area contributed by atoms with Crippen LogP contribution in [0.5, 0.6) is 5.75 Å². The lowest BCUT2D eigenvalue weighted by Crippen LogP contribution is -2.55. The standard InChI is InChI=1S/C27H32F2N4O6/c1-39-22-7-3-6-18-17(22)9-20(31-18)26(38)33-11-14-4-2-5-16(14)23(33)25(37)32-19(21(35)12-34)8-15-10-27(28,29)13-30-24(15)36/h3,6-7,9,14-16,19,23,31,34H,2,4-5,8,10-13H2,1H3,(H,30,36)(H,32,37). The van der Waals surface area contributed by atoms with Crippen molar-refractivity contribution in [2.45, 2.75) is 50.1 Å². The van der Waals surface area contributed by atoms with E-state index in [1.807, 2.05) is 6.07 Å². The Morgan fingerprint density at radius 3 is 2.82 bits per heavy atom. The molecule has 210 valence electrons. The molecule has 3 amide bonds. The molecule has 1 saturated carbocycles. The molecule has 12 heteroatoms. The molecule has 10 nitrogen and oxygen atoms in total. The predicted octanol–water partition coefficient (Wildman–Crippen LogP) is 1.62. The van der Waals surface area contributed by atoms with Crippen molar-refractivity contribution in [3.8, 4) is 5.75 Å². The number of nitrogens with zero attached hydrogens (tertiary/aromatic N) is 1. The van der Waals surface area contributed by atoms with E-state index < -0.39 is 61.1 Å². The number of nitrogens with one attached hydrogen (secondary N) is 3. The van der Waals surface area contributed by atoms with Crippen LogP contribution in [-0.4, -0.2) is 83.3 Å². The van der Waals surface area contributed by atoms with Gasteiger partial charge in [0.25, 0.3) is 11.8 Å². The summed E-state index contributed by atoms with van der Waals surface area (Å²) in [7, 11) is 1.54. The van der Waals surface area contributed by atoms with Gasteiger partial charge in [0.15, 0.2) is 5.78 Å². The molecule has 5 atom stereocenters. The number of benzene rings is 1. The van der Waals surface area contributed by atoms with E-state index >= 15 is 0 Å². The van der Waals surface area contributed by atoms with Crippen molar-refractivity contribution in [1.82, 2.24) is 20.5 Å². The molecule has 2 aromatic rings. The van der Waals surface area contributed by atoms with Crippen molar-refractivity contribution < 1.29 is 37.8 Å². The second kappa shape index (κ2) is 10.6. The van der Waals surface area contributed by atoms with E-state index in [1.54, 1.807) is 18.2 Å². The van der Waals surface area contributed by atoms with Gasteiger partial charge in [-0.2, -0.15) is 0 Å². The number of likely N-dealkylation sites (tertiary alicyclic amines) is 1. The Morgan fingerprint density at radius 1 is 1.28 bits per heavy atom. The number of halogens is 2. The number of H-pyrrole nitrogens is 1. The molecule has 3 fully saturated rings. The molecule has 2 saturated heterocycles. The zero-order valence-electron chi connectivity index (χ0n) is 21.5. The first kappa shape index (κ1) is 27.0. The van der Waals surface area contributed by atoms with Crippen LogP contribution in [0.3, 0.4) is 0 Å². The van der Waals surface area contributed by atoms with Crippen molar-refractivity contribution >= 4 is 34.4 Å². The molecule has 5 rings (SSSR count).